The molecule has 0 saturated carbocycles. The summed E-state index contributed by atoms with van der Waals surface area (Å²) in [4.78, 5) is 15.7. The number of sulfone groups is 1. The van der Waals surface area contributed by atoms with E-state index in [1.807, 2.05) is 0 Å². The van der Waals surface area contributed by atoms with E-state index in [1.54, 1.807) is 6.92 Å². The van der Waals surface area contributed by atoms with Crippen molar-refractivity contribution in [2.45, 2.75) is 25.5 Å². The van der Waals surface area contributed by atoms with Gasteiger partial charge in [-0.05, 0) is 13.3 Å². The van der Waals surface area contributed by atoms with Crippen molar-refractivity contribution in [1.29, 1.82) is 0 Å². The predicted molar refractivity (Wildman–Crippen MR) is 66.4 cm³/mol. The number of hydrogen-bond acceptors (Lipinski definition) is 5. The molecule has 5 nitrogen and oxygen atoms in total. The summed E-state index contributed by atoms with van der Waals surface area (Å²) in [5.74, 6) is 0.397. The van der Waals surface area contributed by atoms with Crippen molar-refractivity contribution < 1.29 is 13.2 Å². The second-order valence-corrected chi connectivity index (χ2v) is 7.06. The van der Waals surface area contributed by atoms with E-state index in [-0.39, 0.29) is 5.75 Å². The van der Waals surface area contributed by atoms with E-state index < -0.39 is 21.0 Å². The third kappa shape index (κ3) is 3.48. The Bertz CT molecular complexity index is 390. The Kier molecular flexibility index (Phi) is 4.79. The van der Waals surface area contributed by atoms with Crippen LogP contribution in [0.3, 0.4) is 0 Å². The lowest BCUT2D eigenvalue weighted by molar-refractivity contribution is -0.118. The number of nitrogens with zero attached hydrogens (tertiary/aromatic N) is 1. The summed E-state index contributed by atoms with van der Waals surface area (Å²) < 4.78 is 23.3. The fourth-order valence-corrected chi connectivity index (χ4v) is 3.28. The zero-order valence-electron chi connectivity index (χ0n) is 9.39. The van der Waals surface area contributed by atoms with Crippen LogP contribution in [0.5, 0.6) is 0 Å². The van der Waals surface area contributed by atoms with Gasteiger partial charge in [-0.2, -0.15) is 0 Å². The molecule has 1 aliphatic heterocycles. The molecular formula is C9H16N2O3S2. The summed E-state index contributed by atoms with van der Waals surface area (Å²) in [5, 5.41) is 2.07. The van der Waals surface area contributed by atoms with Gasteiger partial charge in [0.2, 0.25) is 5.91 Å². The fourth-order valence-electron chi connectivity index (χ4n) is 1.24. The van der Waals surface area contributed by atoms with Crippen LogP contribution in [-0.2, 0) is 14.6 Å². The van der Waals surface area contributed by atoms with Crippen molar-refractivity contribution >= 4 is 32.7 Å². The topological polar surface area (TPSA) is 75.6 Å². The van der Waals surface area contributed by atoms with Gasteiger partial charge in [0.15, 0.2) is 15.0 Å². The molecule has 0 aromatic rings. The predicted octanol–water partition coefficient (Wildman–Crippen LogP) is 0.419. The van der Waals surface area contributed by atoms with E-state index in [4.69, 9.17) is 0 Å². The molecule has 1 heterocycles. The Morgan fingerprint density at radius 3 is 2.81 bits per heavy atom. The third-order valence-corrected chi connectivity index (χ3v) is 5.37. The summed E-state index contributed by atoms with van der Waals surface area (Å²) in [6, 6.07) is 0. The minimum Gasteiger partial charge on any atom is -0.304 e. The molecule has 0 spiro atoms. The monoisotopic (exact) mass is 264 g/mol. The number of amides is 1. The minimum absolute atomic E-state index is 0.0429. The largest absolute Gasteiger partial charge is 0.304 e. The van der Waals surface area contributed by atoms with Crippen LogP contribution in [0.1, 0.15) is 20.3 Å². The number of nitrogens with one attached hydrogen (secondary N) is 1. The summed E-state index contributed by atoms with van der Waals surface area (Å²) in [5.41, 5.74) is 0. The molecule has 92 valence electrons. The van der Waals surface area contributed by atoms with E-state index in [0.717, 1.165) is 5.75 Å². The van der Waals surface area contributed by atoms with Crippen molar-refractivity contribution in [3.63, 3.8) is 0 Å². The Morgan fingerprint density at radius 1 is 1.62 bits per heavy atom. The molecule has 0 fully saturated rings. The molecule has 1 unspecified atom stereocenters. The van der Waals surface area contributed by atoms with Crippen LogP contribution >= 0.6 is 11.8 Å². The second-order valence-electron chi connectivity index (χ2n) is 3.53. The zero-order chi connectivity index (χ0) is 12.2. The van der Waals surface area contributed by atoms with Crippen LogP contribution in [0.15, 0.2) is 4.99 Å². The van der Waals surface area contributed by atoms with Crippen LogP contribution in [-0.4, -0.2) is 42.8 Å². The van der Waals surface area contributed by atoms with Crippen LogP contribution in [0.25, 0.3) is 0 Å². The van der Waals surface area contributed by atoms with Crippen LogP contribution in [0, 0.1) is 0 Å². The maximum atomic E-state index is 11.6. The summed E-state index contributed by atoms with van der Waals surface area (Å²) in [7, 11) is -3.33. The van der Waals surface area contributed by atoms with Gasteiger partial charge in [-0.25, -0.2) is 8.42 Å². The van der Waals surface area contributed by atoms with Crippen LogP contribution in [0.4, 0.5) is 0 Å². The SMILES string of the molecule is CCCS(=O)(=O)C(C)C(=O)NC1=NCCS1. The standard InChI is InChI=1S/C9H16N2O3S2/c1-3-6-16(13,14)7(2)8(12)11-9-10-4-5-15-9/h7H,3-6H2,1-2H3,(H,10,11,12). The molecule has 0 bridgehead atoms. The number of carbonyl (C=O) groups is 1. The highest BCUT2D eigenvalue weighted by Gasteiger charge is 2.28. The van der Waals surface area contributed by atoms with E-state index in [1.165, 1.54) is 18.7 Å². The Balaban J connectivity index is 2.59. The highest BCUT2D eigenvalue weighted by atomic mass is 32.2. The first-order valence-corrected chi connectivity index (χ1v) is 7.87. The molecule has 0 radical (unpaired) electrons. The van der Waals surface area contributed by atoms with Gasteiger partial charge in [-0.15, -0.1) is 0 Å². The highest BCUT2D eigenvalue weighted by Crippen LogP contribution is 2.10. The lowest BCUT2D eigenvalue weighted by Gasteiger charge is -2.11. The molecular weight excluding hydrogens is 248 g/mol. The van der Waals surface area contributed by atoms with Crippen molar-refractivity contribution in [3.8, 4) is 0 Å². The molecule has 16 heavy (non-hydrogen) atoms. The fraction of sp³-hybridized carbons (Fsp3) is 0.778. The summed E-state index contributed by atoms with van der Waals surface area (Å²) in [6.07, 6.45) is 0.523. The van der Waals surface area contributed by atoms with Crippen molar-refractivity contribution in [1.82, 2.24) is 5.32 Å². The van der Waals surface area contributed by atoms with Gasteiger partial charge in [0.05, 0.1) is 12.3 Å². The van der Waals surface area contributed by atoms with E-state index in [9.17, 15) is 13.2 Å². The molecule has 0 aromatic carbocycles. The van der Waals surface area contributed by atoms with Gasteiger partial charge in [0.25, 0.3) is 0 Å². The summed E-state index contributed by atoms with van der Waals surface area (Å²) >= 11 is 1.44. The minimum atomic E-state index is -3.33. The smallest absolute Gasteiger partial charge is 0.243 e. The van der Waals surface area contributed by atoms with Gasteiger partial charge in [0.1, 0.15) is 5.25 Å². The van der Waals surface area contributed by atoms with Gasteiger partial charge in [0, 0.05) is 5.75 Å². The molecule has 1 amide bonds. The Labute approximate surface area is 100 Å². The van der Waals surface area contributed by atoms with Gasteiger partial charge < -0.3 is 5.32 Å². The number of amidine groups is 1. The molecule has 1 atom stereocenters. The number of rotatable bonds is 4. The van der Waals surface area contributed by atoms with Gasteiger partial charge >= 0.3 is 0 Å². The molecule has 0 aromatic heterocycles. The molecule has 1 aliphatic rings. The van der Waals surface area contributed by atoms with Gasteiger partial charge in [-0.1, -0.05) is 18.7 Å². The van der Waals surface area contributed by atoms with Crippen molar-refractivity contribution in [2.75, 3.05) is 18.1 Å². The third-order valence-electron chi connectivity index (χ3n) is 2.21. The average Bonchev–Trinajstić information content (AvgIpc) is 2.69. The molecule has 7 heteroatoms. The Morgan fingerprint density at radius 2 is 2.31 bits per heavy atom. The maximum Gasteiger partial charge on any atom is 0.243 e. The van der Waals surface area contributed by atoms with Crippen molar-refractivity contribution in [2.24, 2.45) is 4.99 Å². The first kappa shape index (κ1) is 13.5. The Hall–Kier alpha value is -0.560. The first-order chi connectivity index (χ1) is 7.47. The lowest BCUT2D eigenvalue weighted by Crippen LogP contribution is -2.40. The number of carbonyl (C=O) groups excluding carboxylic acids is 1. The normalized spacial score (nSPS) is 18.0. The first-order valence-electron chi connectivity index (χ1n) is 5.17. The summed E-state index contributed by atoms with van der Waals surface area (Å²) in [6.45, 7) is 3.87. The van der Waals surface area contributed by atoms with E-state index in [2.05, 4.69) is 10.3 Å². The average molecular weight is 264 g/mol. The van der Waals surface area contributed by atoms with Gasteiger partial charge in [-0.3, -0.25) is 9.79 Å². The van der Waals surface area contributed by atoms with Crippen LogP contribution < -0.4 is 5.32 Å². The highest BCUT2D eigenvalue weighted by molar-refractivity contribution is 8.14. The van der Waals surface area contributed by atoms with E-state index in [0.29, 0.717) is 18.1 Å². The quantitative estimate of drug-likeness (QED) is 0.798. The zero-order valence-corrected chi connectivity index (χ0v) is 11.0. The molecule has 0 aliphatic carbocycles. The lowest BCUT2D eigenvalue weighted by atomic mass is 10.4. The number of thioether (sulfide) groups is 1. The second kappa shape index (κ2) is 5.67. The molecule has 1 N–H and O–H groups in total. The molecule has 1 rings (SSSR count). The van der Waals surface area contributed by atoms with Crippen LogP contribution in [0.2, 0.25) is 0 Å². The van der Waals surface area contributed by atoms with Crippen molar-refractivity contribution in [3.05, 3.63) is 0 Å². The maximum absolute atomic E-state index is 11.6. The number of aliphatic imine (C=N–C) groups is 1. The number of hydrogen-bond donors (Lipinski definition) is 1. The van der Waals surface area contributed by atoms with E-state index >= 15 is 0 Å². The molecule has 0 saturated heterocycles.